The third-order valence-electron chi connectivity index (χ3n) is 4.10. The number of hydrogen-bond acceptors (Lipinski definition) is 5. The highest BCUT2D eigenvalue weighted by atomic mass is 19.4. The topological polar surface area (TPSA) is 85.9 Å². The van der Waals surface area contributed by atoms with Crippen molar-refractivity contribution in [3.05, 3.63) is 18.5 Å². The van der Waals surface area contributed by atoms with Crippen LogP contribution in [0.4, 0.5) is 19.0 Å². The largest absolute Gasteiger partial charge is 0.401 e. The first kappa shape index (κ1) is 20.0. The summed E-state index contributed by atoms with van der Waals surface area (Å²) < 4.78 is 36.5. The van der Waals surface area contributed by atoms with Gasteiger partial charge in [0.2, 0.25) is 6.41 Å². The summed E-state index contributed by atoms with van der Waals surface area (Å²) in [6.45, 7) is 0.118. The molecule has 3 heterocycles. The molecule has 1 fully saturated rings. The number of aromatic amines is 1. The summed E-state index contributed by atoms with van der Waals surface area (Å²) in [4.78, 5) is 22.8. The van der Waals surface area contributed by atoms with E-state index in [1.165, 1.54) is 4.90 Å². The Bertz CT molecular complexity index is 690. The summed E-state index contributed by atoms with van der Waals surface area (Å²) in [6.07, 6.45) is 2.15. The number of likely N-dealkylation sites (tertiary alicyclic amines) is 1. The molecule has 0 bridgehead atoms. The Morgan fingerprint density at radius 1 is 1.46 bits per heavy atom. The number of carbonyl (C=O) groups is 1. The number of aromatic nitrogens is 3. The third-order valence-corrected chi connectivity index (χ3v) is 4.10. The van der Waals surface area contributed by atoms with Crippen molar-refractivity contribution < 1.29 is 18.0 Å². The molecule has 7 nitrogen and oxygen atoms in total. The molecule has 26 heavy (non-hydrogen) atoms. The van der Waals surface area contributed by atoms with E-state index in [1.807, 2.05) is 19.3 Å². The number of fused-ring (bicyclic) bond motifs is 1. The summed E-state index contributed by atoms with van der Waals surface area (Å²) in [5.41, 5.74) is 1.71. The van der Waals surface area contributed by atoms with Crippen LogP contribution in [0.5, 0.6) is 0 Å². The van der Waals surface area contributed by atoms with Gasteiger partial charge in [-0.05, 0) is 31.9 Å². The van der Waals surface area contributed by atoms with Gasteiger partial charge >= 0.3 is 6.18 Å². The fourth-order valence-corrected chi connectivity index (χ4v) is 2.92. The zero-order valence-electron chi connectivity index (χ0n) is 14.5. The van der Waals surface area contributed by atoms with Gasteiger partial charge in [0.25, 0.3) is 0 Å². The second kappa shape index (κ2) is 9.37. The smallest absolute Gasteiger partial charge is 0.372 e. The number of anilines is 1. The summed E-state index contributed by atoms with van der Waals surface area (Å²) >= 11 is 0. The SMILES string of the molecule is CNc1cnc2[nH]ccc2n1.O=CNCCC1CCCN1CC(F)(F)F. The fraction of sp³-hybridized carbons (Fsp3) is 0.562. The van der Waals surface area contributed by atoms with E-state index in [-0.39, 0.29) is 6.04 Å². The number of H-pyrrole nitrogens is 1. The predicted octanol–water partition coefficient (Wildman–Crippen LogP) is 2.15. The Balaban J connectivity index is 0.000000195. The fourth-order valence-electron chi connectivity index (χ4n) is 2.92. The number of alkyl halides is 3. The molecule has 0 spiro atoms. The first-order chi connectivity index (χ1) is 12.4. The van der Waals surface area contributed by atoms with Crippen LogP contribution < -0.4 is 10.6 Å². The van der Waals surface area contributed by atoms with Gasteiger partial charge in [-0.1, -0.05) is 0 Å². The molecule has 2 aromatic rings. The molecule has 3 N–H and O–H groups in total. The molecule has 2 aromatic heterocycles. The van der Waals surface area contributed by atoms with E-state index in [0.29, 0.717) is 25.9 Å². The van der Waals surface area contributed by atoms with Gasteiger partial charge in [-0.25, -0.2) is 9.97 Å². The molecule has 10 heteroatoms. The van der Waals surface area contributed by atoms with Gasteiger partial charge in [0.05, 0.1) is 12.7 Å². The number of nitrogens with one attached hydrogen (secondary N) is 3. The lowest BCUT2D eigenvalue weighted by Gasteiger charge is -2.25. The predicted molar refractivity (Wildman–Crippen MR) is 92.8 cm³/mol. The van der Waals surface area contributed by atoms with Gasteiger partial charge in [0, 0.05) is 25.8 Å². The number of rotatable bonds is 6. The van der Waals surface area contributed by atoms with Crippen molar-refractivity contribution in [3.8, 4) is 0 Å². The first-order valence-corrected chi connectivity index (χ1v) is 8.38. The molecule has 1 unspecified atom stereocenters. The van der Waals surface area contributed by atoms with E-state index in [4.69, 9.17) is 0 Å². The molecule has 3 rings (SSSR count). The molecule has 1 atom stereocenters. The van der Waals surface area contributed by atoms with E-state index >= 15 is 0 Å². The van der Waals surface area contributed by atoms with Crippen LogP contribution in [0.2, 0.25) is 0 Å². The maximum atomic E-state index is 12.2. The second-order valence-corrected chi connectivity index (χ2v) is 5.96. The molecule has 1 aliphatic heterocycles. The molecule has 0 radical (unpaired) electrons. The average Bonchev–Trinajstić information content (AvgIpc) is 3.23. The van der Waals surface area contributed by atoms with Crippen molar-refractivity contribution in [2.24, 2.45) is 0 Å². The second-order valence-electron chi connectivity index (χ2n) is 5.96. The minimum absolute atomic E-state index is 0.0425. The van der Waals surface area contributed by atoms with E-state index in [9.17, 15) is 18.0 Å². The normalized spacial score (nSPS) is 17.6. The molecule has 1 amide bonds. The van der Waals surface area contributed by atoms with Gasteiger partial charge in [-0.15, -0.1) is 0 Å². The van der Waals surface area contributed by atoms with Gasteiger partial charge in [-0.3, -0.25) is 9.69 Å². The monoisotopic (exact) mass is 372 g/mol. The summed E-state index contributed by atoms with van der Waals surface area (Å²) in [6, 6.07) is 1.85. The van der Waals surface area contributed by atoms with Crippen molar-refractivity contribution in [2.75, 3.05) is 32.0 Å². The number of amides is 1. The maximum absolute atomic E-state index is 12.2. The standard InChI is InChI=1S/C9H15F3N2O.C7H8N4/c10-9(11,12)6-14-5-1-2-8(14)3-4-13-7-15;1-8-6-4-10-7-5(11-6)2-3-9-7/h7-8H,1-6H2,(H,13,15);2-4H,1H3,(H,8,11)(H,9,10). The van der Waals surface area contributed by atoms with E-state index in [0.717, 1.165) is 29.8 Å². The lowest BCUT2D eigenvalue weighted by atomic mass is 10.1. The van der Waals surface area contributed by atoms with E-state index < -0.39 is 12.7 Å². The number of hydrogen-bond donors (Lipinski definition) is 3. The molecular formula is C16H23F3N6O. The highest BCUT2D eigenvalue weighted by Gasteiger charge is 2.35. The van der Waals surface area contributed by atoms with Crippen molar-refractivity contribution in [3.63, 3.8) is 0 Å². The van der Waals surface area contributed by atoms with Gasteiger partial charge in [0.15, 0.2) is 5.65 Å². The van der Waals surface area contributed by atoms with Crippen molar-refractivity contribution in [1.82, 2.24) is 25.2 Å². The Hall–Kier alpha value is -2.36. The molecule has 0 aromatic carbocycles. The lowest BCUT2D eigenvalue weighted by Crippen LogP contribution is -2.39. The van der Waals surface area contributed by atoms with Crippen LogP contribution in [0.25, 0.3) is 11.2 Å². The van der Waals surface area contributed by atoms with Crippen LogP contribution in [0.3, 0.4) is 0 Å². The van der Waals surface area contributed by atoms with Gasteiger partial charge in [0.1, 0.15) is 11.3 Å². The van der Waals surface area contributed by atoms with Gasteiger partial charge in [-0.2, -0.15) is 13.2 Å². The lowest BCUT2D eigenvalue weighted by molar-refractivity contribution is -0.147. The zero-order valence-corrected chi connectivity index (χ0v) is 14.5. The van der Waals surface area contributed by atoms with Crippen molar-refractivity contribution >= 4 is 23.4 Å². The molecule has 1 saturated heterocycles. The van der Waals surface area contributed by atoms with Gasteiger partial charge < -0.3 is 15.6 Å². The van der Waals surface area contributed by atoms with Crippen LogP contribution in [-0.4, -0.2) is 65.2 Å². The maximum Gasteiger partial charge on any atom is 0.401 e. The highest BCUT2D eigenvalue weighted by molar-refractivity contribution is 5.71. The van der Waals surface area contributed by atoms with Crippen LogP contribution in [0.15, 0.2) is 18.5 Å². The molecule has 144 valence electrons. The quantitative estimate of drug-likeness (QED) is 0.534. The molecule has 0 aliphatic carbocycles. The Morgan fingerprint density at radius 3 is 2.96 bits per heavy atom. The summed E-state index contributed by atoms with van der Waals surface area (Å²) in [5.74, 6) is 0.789. The average molecular weight is 372 g/mol. The number of carbonyl (C=O) groups excluding carboxylic acids is 1. The minimum Gasteiger partial charge on any atom is -0.372 e. The van der Waals surface area contributed by atoms with Crippen LogP contribution in [-0.2, 0) is 4.79 Å². The molecular weight excluding hydrogens is 349 g/mol. The van der Waals surface area contributed by atoms with E-state index in [1.54, 1.807) is 6.20 Å². The van der Waals surface area contributed by atoms with Crippen molar-refractivity contribution in [1.29, 1.82) is 0 Å². The summed E-state index contributed by atoms with van der Waals surface area (Å²) in [7, 11) is 1.82. The number of halogens is 3. The van der Waals surface area contributed by atoms with Crippen LogP contribution in [0.1, 0.15) is 19.3 Å². The number of nitrogens with zero attached hydrogens (tertiary/aromatic N) is 3. The Kier molecular flexibility index (Phi) is 7.19. The molecule has 0 saturated carbocycles. The highest BCUT2D eigenvalue weighted by Crippen LogP contribution is 2.25. The van der Waals surface area contributed by atoms with Crippen molar-refractivity contribution in [2.45, 2.75) is 31.5 Å². The first-order valence-electron chi connectivity index (χ1n) is 8.38. The Labute approximate surface area is 149 Å². The third kappa shape index (κ3) is 6.17. The summed E-state index contributed by atoms with van der Waals surface area (Å²) in [5, 5.41) is 5.39. The van der Waals surface area contributed by atoms with Crippen LogP contribution >= 0.6 is 0 Å². The van der Waals surface area contributed by atoms with E-state index in [2.05, 4.69) is 25.6 Å². The molecule has 1 aliphatic rings. The zero-order chi connectivity index (χ0) is 19.0. The van der Waals surface area contributed by atoms with Crippen LogP contribution in [0, 0.1) is 0 Å². The Morgan fingerprint density at radius 2 is 2.27 bits per heavy atom. The minimum atomic E-state index is -4.12.